The Morgan fingerprint density at radius 3 is 1.77 bits per heavy atom. The first-order valence-electron chi connectivity index (χ1n) is 24.8. The van der Waals surface area contributed by atoms with Gasteiger partial charge in [0.25, 0.3) is 0 Å². The molecule has 10 aromatic rings. The van der Waals surface area contributed by atoms with E-state index in [2.05, 4.69) is 235 Å². The van der Waals surface area contributed by atoms with Crippen molar-refractivity contribution in [3.05, 3.63) is 223 Å². The van der Waals surface area contributed by atoms with Crippen molar-refractivity contribution in [3.63, 3.8) is 0 Å². The van der Waals surface area contributed by atoms with Crippen LogP contribution in [0.25, 0.3) is 61.0 Å². The van der Waals surface area contributed by atoms with Crippen molar-refractivity contribution >= 4 is 44.6 Å². The Morgan fingerprint density at radius 1 is 0.493 bits per heavy atom. The zero-order valence-electron chi connectivity index (χ0n) is 42.8. The summed E-state index contributed by atoms with van der Waals surface area (Å²) >= 11 is 0. The Bertz CT molecular complexity index is 3640. The van der Waals surface area contributed by atoms with Crippen molar-refractivity contribution in [1.82, 2.24) is 9.55 Å². The molecule has 0 amide bonds. The van der Waals surface area contributed by atoms with Crippen LogP contribution in [0.15, 0.2) is 182 Å². The average Bonchev–Trinajstić information content (AvgIpc) is 3.92. The second-order valence-corrected chi connectivity index (χ2v) is 22.0. The molecule has 0 spiro atoms. The Balaban J connectivity index is 0.00000611. The minimum Gasteiger partial charge on any atom is -0.509 e. The number of ether oxygens (including phenoxy) is 1. The minimum absolute atomic E-state index is 0. The van der Waals surface area contributed by atoms with Crippen molar-refractivity contribution < 1.29 is 30.2 Å². The van der Waals surface area contributed by atoms with Gasteiger partial charge in [-0.2, -0.15) is 6.07 Å². The van der Waals surface area contributed by atoms with Crippen LogP contribution in [0.4, 0.5) is 27.1 Å². The van der Waals surface area contributed by atoms with Gasteiger partial charge in [-0.15, -0.1) is 53.6 Å². The van der Waals surface area contributed by atoms with Crippen LogP contribution in [0.2, 0.25) is 0 Å². The SMILES string of the molecule is CC(C)(C)c1cc(-c2cc(Oc3[c-]c4c(cc3)c3ccccc3n4-c3cc(C(C)(C)C)ccn3)[c-]c(N3[CH-]N(c4c(-c5ccccc5)cccc4-c4ccc(F)cc4)c4ccccc43)c2)cc(C(C)(C)C)c1.[Pt]. The average molecular weight is 1140 g/mol. The molecule has 7 heteroatoms. The summed E-state index contributed by atoms with van der Waals surface area (Å²) in [6.45, 7) is 22.5. The van der Waals surface area contributed by atoms with Crippen LogP contribution in [0.1, 0.15) is 79.0 Å². The molecule has 0 aliphatic carbocycles. The molecule has 0 atom stereocenters. The summed E-state index contributed by atoms with van der Waals surface area (Å²) in [7, 11) is 0. The van der Waals surface area contributed by atoms with Gasteiger partial charge in [0.1, 0.15) is 11.6 Å². The zero-order valence-corrected chi connectivity index (χ0v) is 45.1. The quantitative estimate of drug-likeness (QED) is 0.142. The monoisotopic (exact) mass is 1140 g/mol. The number of fused-ring (bicyclic) bond motifs is 4. The van der Waals surface area contributed by atoms with E-state index in [4.69, 9.17) is 9.72 Å². The number of nitrogens with zero attached hydrogens (tertiary/aromatic N) is 4. The number of aromatic nitrogens is 2. The summed E-state index contributed by atoms with van der Waals surface area (Å²) in [5.41, 5.74) is 15.2. The van der Waals surface area contributed by atoms with Gasteiger partial charge in [0.2, 0.25) is 0 Å². The second-order valence-electron chi connectivity index (χ2n) is 22.0. The molecule has 3 heterocycles. The summed E-state index contributed by atoms with van der Waals surface area (Å²) < 4.78 is 23.7. The molecule has 73 heavy (non-hydrogen) atoms. The van der Waals surface area contributed by atoms with E-state index in [1.54, 1.807) is 0 Å². The van der Waals surface area contributed by atoms with Crippen molar-refractivity contribution in [3.8, 4) is 50.7 Å². The van der Waals surface area contributed by atoms with E-state index in [9.17, 15) is 4.39 Å². The van der Waals surface area contributed by atoms with Gasteiger partial charge in [-0.3, -0.25) is 0 Å². The summed E-state index contributed by atoms with van der Waals surface area (Å²) in [5, 5.41) is 2.18. The topological polar surface area (TPSA) is 33.5 Å². The molecule has 0 saturated heterocycles. The van der Waals surface area contributed by atoms with Crippen LogP contribution in [-0.2, 0) is 37.3 Å². The Labute approximate surface area is 444 Å². The van der Waals surface area contributed by atoms with E-state index < -0.39 is 0 Å². The third-order valence-electron chi connectivity index (χ3n) is 13.9. The Kier molecular flexibility index (Phi) is 12.8. The van der Waals surface area contributed by atoms with Crippen molar-refractivity contribution in [2.75, 3.05) is 9.80 Å². The normalized spacial score (nSPS) is 12.8. The fourth-order valence-corrected chi connectivity index (χ4v) is 9.84. The van der Waals surface area contributed by atoms with Gasteiger partial charge in [-0.1, -0.05) is 177 Å². The fourth-order valence-electron chi connectivity index (χ4n) is 9.84. The number of benzene rings is 8. The third-order valence-corrected chi connectivity index (χ3v) is 13.9. The first kappa shape index (κ1) is 49.3. The number of anilines is 4. The smallest absolute Gasteiger partial charge is 0.135 e. The molecule has 8 aromatic carbocycles. The van der Waals surface area contributed by atoms with E-state index in [-0.39, 0.29) is 43.1 Å². The second kappa shape index (κ2) is 19.0. The molecule has 0 bridgehead atoms. The molecule has 0 fully saturated rings. The molecule has 0 unspecified atom stereocenters. The molecule has 0 radical (unpaired) electrons. The maximum atomic E-state index is 14.5. The Hall–Kier alpha value is -7.27. The molecule has 368 valence electrons. The molecule has 1 aliphatic rings. The molecule has 0 saturated carbocycles. The number of hydrogen-bond acceptors (Lipinski definition) is 4. The molecule has 2 aromatic heterocycles. The Morgan fingerprint density at radius 2 is 1.10 bits per heavy atom. The fraction of sp³-hybridized carbons (Fsp3) is 0.182. The van der Waals surface area contributed by atoms with Crippen molar-refractivity contribution in [2.24, 2.45) is 0 Å². The summed E-state index contributed by atoms with van der Waals surface area (Å²) in [6, 6.07) is 67.7. The summed E-state index contributed by atoms with van der Waals surface area (Å²) in [6.07, 6.45) is 1.90. The van der Waals surface area contributed by atoms with Crippen LogP contribution in [0.5, 0.6) is 11.5 Å². The zero-order chi connectivity index (χ0) is 50.1. The number of halogens is 1. The molecule has 0 N–H and O–H groups in total. The maximum Gasteiger partial charge on any atom is 0.135 e. The van der Waals surface area contributed by atoms with Crippen LogP contribution < -0.4 is 14.5 Å². The number of pyridine rings is 1. The predicted octanol–water partition coefficient (Wildman–Crippen LogP) is 18.0. The van der Waals surface area contributed by atoms with Gasteiger partial charge in [0, 0.05) is 72.5 Å². The first-order valence-corrected chi connectivity index (χ1v) is 24.8. The van der Waals surface area contributed by atoms with Gasteiger partial charge in [-0.05, 0) is 97.5 Å². The molecule has 5 nitrogen and oxygen atoms in total. The van der Waals surface area contributed by atoms with E-state index in [1.165, 1.54) is 28.8 Å². The van der Waals surface area contributed by atoms with Gasteiger partial charge >= 0.3 is 0 Å². The summed E-state index contributed by atoms with van der Waals surface area (Å²) in [4.78, 5) is 9.39. The van der Waals surface area contributed by atoms with Crippen LogP contribution in [0.3, 0.4) is 0 Å². The molecule has 11 rings (SSSR count). The van der Waals surface area contributed by atoms with E-state index >= 15 is 0 Å². The number of hydrogen-bond donors (Lipinski definition) is 0. The van der Waals surface area contributed by atoms with Gasteiger partial charge in [-0.25, -0.2) is 9.37 Å². The maximum absolute atomic E-state index is 14.5. The van der Waals surface area contributed by atoms with Crippen molar-refractivity contribution in [2.45, 2.75) is 78.6 Å². The van der Waals surface area contributed by atoms with E-state index in [0.29, 0.717) is 11.5 Å². The third kappa shape index (κ3) is 9.50. The number of para-hydroxylation sites is 4. The van der Waals surface area contributed by atoms with Crippen LogP contribution in [0, 0.1) is 24.6 Å². The van der Waals surface area contributed by atoms with Gasteiger partial charge in [0.05, 0.1) is 0 Å². The van der Waals surface area contributed by atoms with Crippen molar-refractivity contribution in [1.29, 1.82) is 0 Å². The molecular formula is C66H58FN4OPt-3. The first-order chi connectivity index (χ1) is 34.5. The molecular weight excluding hydrogens is 1080 g/mol. The van der Waals surface area contributed by atoms with Crippen LogP contribution in [-0.4, -0.2) is 9.55 Å². The van der Waals surface area contributed by atoms with Gasteiger partial charge in [0.15, 0.2) is 0 Å². The largest absolute Gasteiger partial charge is 0.509 e. The van der Waals surface area contributed by atoms with E-state index in [1.807, 2.05) is 30.5 Å². The predicted molar refractivity (Wildman–Crippen MR) is 297 cm³/mol. The van der Waals surface area contributed by atoms with E-state index in [0.717, 1.165) is 83.8 Å². The standard InChI is InChI=1S/C66H58FN4O.Pt/c1-64(2,3)47-32-33-68-62(39-47)71-58-23-14-13-20-56(58)57-31-30-52(41-61(57)71)72-53-37-46(45-34-48(65(4,5)6)38-49(35-45)66(7,8)9)36-51(40-53)69-42-70(60-25-16-15-24-59(60)69)63-54(43-18-11-10-12-19-43)21-17-22-55(63)44-26-28-50(67)29-27-44;/h10-39,42H,1-9H3;/q-3;. The number of rotatable bonds is 8. The van der Waals surface area contributed by atoms with Crippen LogP contribution >= 0.6 is 0 Å². The molecule has 1 aliphatic heterocycles. The minimum atomic E-state index is -0.275. The van der Waals surface area contributed by atoms with Gasteiger partial charge < -0.3 is 19.1 Å². The summed E-state index contributed by atoms with van der Waals surface area (Å²) in [5.74, 6) is 1.66.